The normalized spacial score (nSPS) is 11.9. The highest BCUT2D eigenvalue weighted by molar-refractivity contribution is 5.83. The predicted octanol–water partition coefficient (Wildman–Crippen LogP) is 6.21. The van der Waals surface area contributed by atoms with Crippen LogP contribution in [0.3, 0.4) is 0 Å². The molecule has 7 heteroatoms. The van der Waals surface area contributed by atoms with Gasteiger partial charge in [-0.3, -0.25) is 9.55 Å². The summed E-state index contributed by atoms with van der Waals surface area (Å²) in [5.41, 5.74) is 7.45. The summed E-state index contributed by atoms with van der Waals surface area (Å²) in [6, 6.07) is 30.0. The number of rotatable bonds is 7. The maximum atomic E-state index is 10.00. The number of hydrogen-bond donors (Lipinski definition) is 2. The van der Waals surface area contributed by atoms with E-state index in [0.717, 1.165) is 44.5 Å². The lowest BCUT2D eigenvalue weighted by molar-refractivity contribution is 0.282. The average molecular weight is 499 g/mol. The lowest BCUT2D eigenvalue weighted by atomic mass is 10.0. The third-order valence-electron chi connectivity index (χ3n) is 6.63. The first-order chi connectivity index (χ1) is 18.7. The van der Waals surface area contributed by atoms with E-state index in [-0.39, 0.29) is 12.6 Å². The zero-order chi connectivity index (χ0) is 25.9. The van der Waals surface area contributed by atoms with Gasteiger partial charge in [-0.2, -0.15) is 4.98 Å². The first-order valence-corrected chi connectivity index (χ1v) is 12.5. The predicted molar refractivity (Wildman–Crippen MR) is 150 cm³/mol. The van der Waals surface area contributed by atoms with Gasteiger partial charge in [0.1, 0.15) is 12.1 Å². The lowest BCUT2D eigenvalue weighted by Gasteiger charge is -2.17. The zero-order valence-electron chi connectivity index (χ0n) is 20.9. The Bertz CT molecular complexity index is 1700. The van der Waals surface area contributed by atoms with Gasteiger partial charge in [-0.25, -0.2) is 9.97 Å². The summed E-state index contributed by atoms with van der Waals surface area (Å²) < 4.78 is 1.98. The molecule has 0 aliphatic carbocycles. The molecule has 3 aromatic heterocycles. The Morgan fingerprint density at radius 2 is 1.63 bits per heavy atom. The Hall–Kier alpha value is -4.88. The van der Waals surface area contributed by atoms with E-state index in [1.807, 2.05) is 71.3 Å². The summed E-state index contributed by atoms with van der Waals surface area (Å²) in [5.74, 6) is 1.17. The average Bonchev–Trinajstić information content (AvgIpc) is 3.41. The second-order valence-corrected chi connectivity index (χ2v) is 9.08. The van der Waals surface area contributed by atoms with Crippen molar-refractivity contribution in [3.63, 3.8) is 0 Å². The van der Waals surface area contributed by atoms with Crippen LogP contribution in [-0.2, 0) is 6.61 Å². The smallest absolute Gasteiger partial charge is 0.225 e. The molecule has 1 atom stereocenters. The first-order valence-electron chi connectivity index (χ1n) is 12.5. The van der Waals surface area contributed by atoms with Crippen LogP contribution < -0.4 is 5.32 Å². The van der Waals surface area contributed by atoms with Crippen LogP contribution in [-0.4, -0.2) is 29.6 Å². The lowest BCUT2D eigenvalue weighted by Crippen LogP contribution is -2.11. The van der Waals surface area contributed by atoms with Crippen molar-refractivity contribution >= 4 is 17.0 Å². The highest BCUT2D eigenvalue weighted by Gasteiger charge is 2.15. The van der Waals surface area contributed by atoms with Crippen molar-refractivity contribution in [2.75, 3.05) is 5.32 Å². The van der Waals surface area contributed by atoms with Gasteiger partial charge in [-0.15, -0.1) is 0 Å². The van der Waals surface area contributed by atoms with E-state index in [0.29, 0.717) is 11.8 Å². The number of nitrogens with zero attached hydrogens (tertiary/aromatic N) is 5. The summed E-state index contributed by atoms with van der Waals surface area (Å²) in [7, 11) is 0. The van der Waals surface area contributed by atoms with Gasteiger partial charge in [0, 0.05) is 24.0 Å². The van der Waals surface area contributed by atoms with Crippen LogP contribution in [0, 0.1) is 0 Å². The molecule has 0 radical (unpaired) electrons. The number of hydrogen-bond acceptors (Lipinski definition) is 6. The number of fused-ring (bicyclic) bond motifs is 1. The van der Waals surface area contributed by atoms with Gasteiger partial charge in [-0.1, -0.05) is 60.7 Å². The monoisotopic (exact) mass is 498 g/mol. The summed E-state index contributed by atoms with van der Waals surface area (Å²) in [6.07, 6.45) is 5.37. The fourth-order valence-electron chi connectivity index (χ4n) is 4.60. The van der Waals surface area contributed by atoms with Gasteiger partial charge < -0.3 is 10.4 Å². The van der Waals surface area contributed by atoms with E-state index in [9.17, 15) is 5.11 Å². The molecule has 3 heterocycles. The third kappa shape index (κ3) is 4.63. The van der Waals surface area contributed by atoms with Crippen LogP contribution in [0.2, 0.25) is 0 Å². The Balaban J connectivity index is 1.49. The van der Waals surface area contributed by atoms with Crippen LogP contribution in [0.25, 0.3) is 39.2 Å². The van der Waals surface area contributed by atoms with Gasteiger partial charge >= 0.3 is 0 Å². The second-order valence-electron chi connectivity index (χ2n) is 9.08. The van der Waals surface area contributed by atoms with E-state index in [4.69, 9.17) is 9.97 Å². The van der Waals surface area contributed by atoms with E-state index in [2.05, 4.69) is 46.5 Å². The SMILES string of the molecule is CC(Nc1nc(-c2ccccc2CO)cc(-n2cnc3ccc(-c4ccncc4)cc32)n1)c1ccccc1. The first kappa shape index (κ1) is 23.5. The number of aromatic nitrogens is 5. The van der Waals surface area contributed by atoms with Gasteiger partial charge in [0.05, 0.1) is 29.4 Å². The summed E-state index contributed by atoms with van der Waals surface area (Å²) in [4.78, 5) is 18.5. The molecule has 186 valence electrons. The van der Waals surface area contributed by atoms with Gasteiger partial charge in [0.2, 0.25) is 5.95 Å². The minimum Gasteiger partial charge on any atom is -0.392 e. The van der Waals surface area contributed by atoms with Crippen molar-refractivity contribution in [2.24, 2.45) is 0 Å². The molecule has 1 unspecified atom stereocenters. The third-order valence-corrected chi connectivity index (χ3v) is 6.63. The quantitative estimate of drug-likeness (QED) is 0.272. The number of anilines is 1. The molecule has 6 aromatic rings. The molecule has 0 amide bonds. The Kier molecular flexibility index (Phi) is 6.34. The molecule has 7 nitrogen and oxygen atoms in total. The van der Waals surface area contributed by atoms with Crippen LogP contribution in [0.1, 0.15) is 24.1 Å². The summed E-state index contributed by atoms with van der Waals surface area (Å²) >= 11 is 0. The molecule has 38 heavy (non-hydrogen) atoms. The van der Waals surface area contributed by atoms with Crippen molar-refractivity contribution in [1.29, 1.82) is 0 Å². The Morgan fingerprint density at radius 1 is 0.842 bits per heavy atom. The van der Waals surface area contributed by atoms with Gasteiger partial charge in [-0.05, 0) is 53.4 Å². The number of pyridine rings is 1. The molecule has 0 saturated carbocycles. The fourth-order valence-corrected chi connectivity index (χ4v) is 4.60. The molecule has 6 rings (SSSR count). The molecule has 0 spiro atoms. The number of aliphatic hydroxyl groups is 1. The summed E-state index contributed by atoms with van der Waals surface area (Å²) in [6.45, 7) is 2.00. The van der Waals surface area contributed by atoms with E-state index < -0.39 is 0 Å². The Labute approximate surface area is 220 Å². The number of imidazole rings is 1. The van der Waals surface area contributed by atoms with Crippen LogP contribution in [0.15, 0.2) is 110 Å². The van der Waals surface area contributed by atoms with E-state index >= 15 is 0 Å². The number of nitrogens with one attached hydrogen (secondary N) is 1. The molecular formula is C31H26N6O. The van der Waals surface area contributed by atoms with Crippen LogP contribution in [0.5, 0.6) is 0 Å². The molecular weight excluding hydrogens is 472 g/mol. The molecule has 0 aliphatic heterocycles. The van der Waals surface area contributed by atoms with Gasteiger partial charge in [0.25, 0.3) is 0 Å². The van der Waals surface area contributed by atoms with Gasteiger partial charge in [0.15, 0.2) is 0 Å². The molecule has 0 aliphatic rings. The largest absolute Gasteiger partial charge is 0.392 e. The highest BCUT2D eigenvalue weighted by atomic mass is 16.3. The van der Waals surface area contributed by atoms with Crippen molar-refractivity contribution in [3.8, 4) is 28.2 Å². The minimum atomic E-state index is -0.0814. The molecule has 0 bridgehead atoms. The fraction of sp³-hybridized carbons (Fsp3) is 0.0968. The van der Waals surface area contributed by atoms with Crippen LogP contribution in [0.4, 0.5) is 5.95 Å². The van der Waals surface area contributed by atoms with Crippen molar-refractivity contribution in [3.05, 3.63) is 121 Å². The molecule has 0 fully saturated rings. The maximum absolute atomic E-state index is 10.00. The van der Waals surface area contributed by atoms with Crippen LogP contribution >= 0.6 is 0 Å². The van der Waals surface area contributed by atoms with Crippen molar-refractivity contribution in [1.82, 2.24) is 24.5 Å². The molecule has 0 saturated heterocycles. The Morgan fingerprint density at radius 3 is 2.45 bits per heavy atom. The molecule has 2 N–H and O–H groups in total. The van der Waals surface area contributed by atoms with Crippen molar-refractivity contribution in [2.45, 2.75) is 19.6 Å². The second kappa shape index (κ2) is 10.2. The summed E-state index contributed by atoms with van der Waals surface area (Å²) in [5, 5.41) is 13.5. The van der Waals surface area contributed by atoms with E-state index in [1.54, 1.807) is 18.7 Å². The number of aliphatic hydroxyl groups excluding tert-OH is 1. The number of benzene rings is 3. The zero-order valence-corrected chi connectivity index (χ0v) is 20.9. The highest BCUT2D eigenvalue weighted by Crippen LogP contribution is 2.29. The standard InChI is InChI=1S/C31H26N6O/c1-21(22-7-3-2-4-8-22)34-31-35-28(26-10-6-5-9-25(26)19-38)18-30(36-31)37-20-33-27-12-11-24(17-29(27)37)23-13-15-32-16-14-23/h2-18,20-21,38H,19H2,1H3,(H,34,35,36). The van der Waals surface area contributed by atoms with Crippen molar-refractivity contribution < 1.29 is 5.11 Å². The molecule has 3 aromatic carbocycles. The van der Waals surface area contributed by atoms with E-state index in [1.165, 1.54) is 0 Å². The topological polar surface area (TPSA) is 88.8 Å². The minimum absolute atomic E-state index is 0.00907. The maximum Gasteiger partial charge on any atom is 0.225 e.